The van der Waals surface area contributed by atoms with Crippen molar-refractivity contribution in [3.05, 3.63) is 64.4 Å². The fourth-order valence-electron chi connectivity index (χ4n) is 3.39. The SMILES string of the molecule is COc1ccc(OC)c(S(=O)(=O)Nc2ccc3c(c2)N(C(=O)c2cccs2)CC3)c1. The van der Waals surface area contributed by atoms with Gasteiger partial charge in [0, 0.05) is 18.3 Å². The van der Waals surface area contributed by atoms with Crippen molar-refractivity contribution in [3.8, 4) is 11.5 Å². The van der Waals surface area contributed by atoms with Crippen LogP contribution >= 0.6 is 11.3 Å². The lowest BCUT2D eigenvalue weighted by molar-refractivity contribution is 0.0993. The first kappa shape index (κ1) is 20.2. The van der Waals surface area contributed by atoms with Crippen molar-refractivity contribution >= 4 is 38.6 Å². The highest BCUT2D eigenvalue weighted by Gasteiger charge is 2.27. The Morgan fingerprint density at radius 1 is 1.10 bits per heavy atom. The van der Waals surface area contributed by atoms with Gasteiger partial charge >= 0.3 is 0 Å². The van der Waals surface area contributed by atoms with E-state index in [0.717, 1.165) is 12.0 Å². The van der Waals surface area contributed by atoms with E-state index in [4.69, 9.17) is 9.47 Å². The van der Waals surface area contributed by atoms with Crippen LogP contribution in [0, 0.1) is 0 Å². The maximum atomic E-state index is 13.0. The number of sulfonamides is 1. The van der Waals surface area contributed by atoms with Crippen molar-refractivity contribution in [2.45, 2.75) is 11.3 Å². The van der Waals surface area contributed by atoms with Crippen LogP contribution in [0.25, 0.3) is 0 Å². The Balaban J connectivity index is 1.65. The molecular formula is C21H20N2O5S2. The molecule has 0 fully saturated rings. The van der Waals surface area contributed by atoms with Crippen LogP contribution in [0.5, 0.6) is 11.5 Å². The van der Waals surface area contributed by atoms with Crippen LogP contribution in [0.15, 0.2) is 58.8 Å². The van der Waals surface area contributed by atoms with Crippen LogP contribution in [-0.4, -0.2) is 35.1 Å². The second-order valence-corrected chi connectivity index (χ2v) is 9.25. The topological polar surface area (TPSA) is 84.9 Å². The summed E-state index contributed by atoms with van der Waals surface area (Å²) in [6, 6.07) is 13.4. The van der Waals surface area contributed by atoms with Crippen LogP contribution in [0.2, 0.25) is 0 Å². The number of hydrogen-bond acceptors (Lipinski definition) is 6. The molecule has 9 heteroatoms. The molecule has 4 rings (SSSR count). The van der Waals surface area contributed by atoms with E-state index in [1.807, 2.05) is 17.5 Å². The van der Waals surface area contributed by atoms with Crippen LogP contribution in [-0.2, 0) is 16.4 Å². The van der Waals surface area contributed by atoms with Gasteiger partial charge in [-0.2, -0.15) is 0 Å². The first-order valence-electron chi connectivity index (χ1n) is 9.16. The molecule has 0 saturated carbocycles. The Kier molecular flexibility index (Phi) is 5.40. The summed E-state index contributed by atoms with van der Waals surface area (Å²) in [7, 11) is -1.07. The van der Waals surface area contributed by atoms with Crippen LogP contribution in [0.3, 0.4) is 0 Å². The van der Waals surface area contributed by atoms with Crippen molar-refractivity contribution < 1.29 is 22.7 Å². The van der Waals surface area contributed by atoms with Gasteiger partial charge in [-0.15, -0.1) is 11.3 Å². The minimum absolute atomic E-state index is 0.0311. The summed E-state index contributed by atoms with van der Waals surface area (Å²) in [6.07, 6.45) is 0.725. The summed E-state index contributed by atoms with van der Waals surface area (Å²) in [5.41, 5.74) is 2.08. The third-order valence-electron chi connectivity index (χ3n) is 4.87. The van der Waals surface area contributed by atoms with Crippen molar-refractivity contribution in [2.75, 3.05) is 30.4 Å². The van der Waals surface area contributed by atoms with Crippen molar-refractivity contribution in [1.82, 2.24) is 0 Å². The summed E-state index contributed by atoms with van der Waals surface area (Å²) < 4.78 is 39.0. The normalized spacial score (nSPS) is 13.1. The number of anilines is 2. The number of hydrogen-bond donors (Lipinski definition) is 1. The molecule has 1 aliphatic heterocycles. The van der Waals surface area contributed by atoms with Gasteiger partial charge in [-0.25, -0.2) is 8.42 Å². The zero-order valence-electron chi connectivity index (χ0n) is 16.4. The molecule has 0 radical (unpaired) electrons. The van der Waals surface area contributed by atoms with Crippen molar-refractivity contribution in [2.24, 2.45) is 0 Å². The fourth-order valence-corrected chi connectivity index (χ4v) is 5.30. The molecule has 0 unspecified atom stereocenters. The summed E-state index contributed by atoms with van der Waals surface area (Å²) in [6.45, 7) is 0.561. The third-order valence-corrected chi connectivity index (χ3v) is 7.13. The van der Waals surface area contributed by atoms with Crippen LogP contribution in [0.1, 0.15) is 15.2 Å². The van der Waals surface area contributed by atoms with Gasteiger partial charge in [0.2, 0.25) is 0 Å². The van der Waals surface area contributed by atoms with E-state index >= 15 is 0 Å². The lowest BCUT2D eigenvalue weighted by Crippen LogP contribution is -2.28. The number of thiophene rings is 1. The second kappa shape index (κ2) is 8.00. The Morgan fingerprint density at radius 2 is 1.93 bits per heavy atom. The molecule has 1 aromatic heterocycles. The van der Waals surface area contributed by atoms with E-state index in [0.29, 0.717) is 28.5 Å². The van der Waals surface area contributed by atoms with Crippen LogP contribution in [0.4, 0.5) is 11.4 Å². The number of nitrogens with zero attached hydrogens (tertiary/aromatic N) is 1. The van der Waals surface area contributed by atoms with E-state index in [-0.39, 0.29) is 16.6 Å². The quantitative estimate of drug-likeness (QED) is 0.626. The lowest BCUT2D eigenvalue weighted by atomic mass is 10.1. The van der Waals surface area contributed by atoms with Gasteiger partial charge in [-0.1, -0.05) is 12.1 Å². The highest BCUT2D eigenvalue weighted by molar-refractivity contribution is 7.92. The molecule has 0 saturated heterocycles. The molecule has 30 heavy (non-hydrogen) atoms. The van der Waals surface area contributed by atoms with E-state index in [2.05, 4.69) is 4.72 Å². The van der Waals surface area contributed by atoms with E-state index in [1.54, 1.807) is 29.2 Å². The summed E-state index contributed by atoms with van der Waals surface area (Å²) >= 11 is 1.38. The monoisotopic (exact) mass is 444 g/mol. The number of methoxy groups -OCH3 is 2. The third kappa shape index (κ3) is 3.73. The van der Waals surface area contributed by atoms with Gasteiger partial charge in [0.05, 0.1) is 24.8 Å². The Bertz CT molecular complexity index is 1190. The average molecular weight is 445 g/mol. The highest BCUT2D eigenvalue weighted by Crippen LogP contribution is 2.34. The van der Waals surface area contributed by atoms with E-state index in [9.17, 15) is 13.2 Å². The molecule has 1 N–H and O–H groups in total. The Hall–Kier alpha value is -3.04. The molecule has 2 heterocycles. The maximum Gasteiger partial charge on any atom is 0.268 e. The second-order valence-electron chi connectivity index (χ2n) is 6.65. The standard InChI is InChI=1S/C21H20N2O5S2/c1-27-16-7-8-18(28-2)20(13-16)30(25,26)22-15-6-5-14-9-10-23(17(14)12-15)21(24)19-4-3-11-29-19/h3-8,11-13,22H,9-10H2,1-2H3. The number of fused-ring (bicyclic) bond motifs is 1. The van der Waals surface area contributed by atoms with Gasteiger partial charge in [-0.3, -0.25) is 9.52 Å². The Morgan fingerprint density at radius 3 is 2.63 bits per heavy atom. The van der Waals surface area contributed by atoms with Gasteiger partial charge < -0.3 is 14.4 Å². The zero-order chi connectivity index (χ0) is 21.3. The van der Waals surface area contributed by atoms with E-state index in [1.165, 1.54) is 37.7 Å². The molecule has 0 spiro atoms. The number of rotatable bonds is 6. The summed E-state index contributed by atoms with van der Waals surface area (Å²) in [5, 5.41) is 1.86. The molecule has 1 aliphatic rings. The minimum Gasteiger partial charge on any atom is -0.497 e. The number of benzene rings is 2. The Labute approximate surface area is 178 Å². The molecule has 0 bridgehead atoms. The van der Waals surface area contributed by atoms with Crippen LogP contribution < -0.4 is 19.1 Å². The largest absolute Gasteiger partial charge is 0.497 e. The van der Waals surface area contributed by atoms with Crippen molar-refractivity contribution in [1.29, 1.82) is 0 Å². The van der Waals surface area contributed by atoms with Gasteiger partial charge in [-0.05, 0) is 47.7 Å². The molecular weight excluding hydrogens is 424 g/mol. The van der Waals surface area contributed by atoms with Gasteiger partial charge in [0.15, 0.2) is 0 Å². The summed E-state index contributed by atoms with van der Waals surface area (Å²) in [4.78, 5) is 15.1. The number of amides is 1. The fraction of sp³-hybridized carbons (Fsp3) is 0.190. The van der Waals surface area contributed by atoms with E-state index < -0.39 is 10.0 Å². The molecule has 1 amide bonds. The minimum atomic E-state index is -3.94. The lowest BCUT2D eigenvalue weighted by Gasteiger charge is -2.18. The number of carbonyl (C=O) groups excluding carboxylic acids is 1. The molecule has 3 aromatic rings. The molecule has 156 valence electrons. The molecule has 0 atom stereocenters. The predicted molar refractivity (Wildman–Crippen MR) is 116 cm³/mol. The summed E-state index contributed by atoms with van der Waals surface area (Å²) in [5.74, 6) is 0.523. The number of ether oxygens (including phenoxy) is 2. The number of carbonyl (C=O) groups is 1. The first-order chi connectivity index (χ1) is 14.4. The average Bonchev–Trinajstić information content (AvgIpc) is 3.42. The number of nitrogens with one attached hydrogen (secondary N) is 1. The predicted octanol–water partition coefficient (Wildman–Crippen LogP) is 3.77. The zero-order valence-corrected chi connectivity index (χ0v) is 18.0. The highest BCUT2D eigenvalue weighted by atomic mass is 32.2. The van der Waals surface area contributed by atoms with Crippen molar-refractivity contribution in [3.63, 3.8) is 0 Å². The van der Waals surface area contributed by atoms with Gasteiger partial charge in [0.25, 0.3) is 15.9 Å². The first-order valence-corrected chi connectivity index (χ1v) is 11.5. The molecule has 2 aromatic carbocycles. The molecule has 7 nitrogen and oxygen atoms in total. The molecule has 0 aliphatic carbocycles. The van der Waals surface area contributed by atoms with Gasteiger partial charge in [0.1, 0.15) is 16.4 Å². The maximum absolute atomic E-state index is 13.0. The smallest absolute Gasteiger partial charge is 0.268 e.